The highest BCUT2D eigenvalue weighted by molar-refractivity contribution is 14.0. The molecule has 1 heterocycles. The van der Waals surface area contributed by atoms with Gasteiger partial charge < -0.3 is 15.4 Å². The van der Waals surface area contributed by atoms with Gasteiger partial charge >= 0.3 is 0 Å². The van der Waals surface area contributed by atoms with Crippen molar-refractivity contribution in [3.05, 3.63) is 0 Å². The Morgan fingerprint density at radius 3 is 2.48 bits per heavy atom. The van der Waals surface area contributed by atoms with E-state index in [1.165, 1.54) is 17.1 Å². The molecule has 1 rings (SSSR count). The van der Waals surface area contributed by atoms with Crippen LogP contribution in [0, 0.1) is 5.92 Å². The van der Waals surface area contributed by atoms with Gasteiger partial charge in [0.05, 0.1) is 19.0 Å². The van der Waals surface area contributed by atoms with Crippen molar-refractivity contribution in [3.63, 3.8) is 0 Å². The molecule has 9 heteroatoms. The number of unbranched alkanes of at least 4 members (excludes halogenated alkanes) is 1. The first kappa shape index (κ1) is 24.9. The van der Waals surface area contributed by atoms with Crippen LogP contribution in [0.4, 0.5) is 0 Å². The molecule has 1 fully saturated rings. The predicted octanol–water partition coefficient (Wildman–Crippen LogP) is 1.65. The summed E-state index contributed by atoms with van der Waals surface area (Å²) in [5, 5.41) is 6.28. The molecule has 0 amide bonds. The number of nitrogens with zero attached hydrogens (tertiary/aromatic N) is 2. The molecule has 0 aromatic heterocycles. The van der Waals surface area contributed by atoms with Crippen LogP contribution < -0.4 is 10.6 Å². The molecule has 25 heavy (non-hydrogen) atoms. The zero-order chi connectivity index (χ0) is 17.8. The Morgan fingerprint density at radius 1 is 1.20 bits per heavy atom. The molecule has 1 saturated heterocycles. The third kappa shape index (κ3) is 11.2. The molecular weight excluding hydrogens is 455 g/mol. The van der Waals surface area contributed by atoms with Crippen LogP contribution in [0.15, 0.2) is 4.99 Å². The molecule has 1 aliphatic rings. The Hall–Kier alpha value is -0.130. The summed E-state index contributed by atoms with van der Waals surface area (Å²) in [6, 6.07) is 0. The standard InChI is InChI=1S/C16H34N4O3S.HI/c1-4-17-16(18-8-6-5-7-15(2)3)19-9-14-24(21,22)20-10-12-23-13-11-20;/h15H,4-14H2,1-3H3,(H2,17,18,19);1H. The molecule has 2 N–H and O–H groups in total. The zero-order valence-electron chi connectivity index (χ0n) is 15.8. The minimum atomic E-state index is -3.22. The van der Waals surface area contributed by atoms with Gasteiger partial charge in [0.25, 0.3) is 0 Å². The number of guanidine groups is 1. The SMILES string of the molecule is CCNC(=NCCCCC(C)C)NCCS(=O)(=O)N1CCOCC1.I. The summed E-state index contributed by atoms with van der Waals surface area (Å²) >= 11 is 0. The summed E-state index contributed by atoms with van der Waals surface area (Å²) < 4.78 is 31.2. The zero-order valence-corrected chi connectivity index (χ0v) is 18.9. The van der Waals surface area contributed by atoms with E-state index in [9.17, 15) is 8.42 Å². The third-order valence-electron chi connectivity index (χ3n) is 3.82. The fourth-order valence-corrected chi connectivity index (χ4v) is 3.77. The fourth-order valence-electron chi connectivity index (χ4n) is 2.45. The van der Waals surface area contributed by atoms with Gasteiger partial charge in [-0.3, -0.25) is 4.99 Å². The molecule has 7 nitrogen and oxygen atoms in total. The highest BCUT2D eigenvalue weighted by Gasteiger charge is 2.23. The summed E-state index contributed by atoms with van der Waals surface area (Å²) in [7, 11) is -3.22. The smallest absolute Gasteiger partial charge is 0.215 e. The summed E-state index contributed by atoms with van der Waals surface area (Å²) in [5.74, 6) is 1.50. The van der Waals surface area contributed by atoms with Crippen molar-refractivity contribution in [1.29, 1.82) is 0 Å². The van der Waals surface area contributed by atoms with Crippen LogP contribution >= 0.6 is 24.0 Å². The number of rotatable bonds is 10. The number of nitrogens with one attached hydrogen (secondary N) is 2. The average Bonchev–Trinajstić information content (AvgIpc) is 2.55. The van der Waals surface area contributed by atoms with E-state index >= 15 is 0 Å². The number of aliphatic imine (C=N–C) groups is 1. The molecule has 0 unspecified atom stereocenters. The maximum atomic E-state index is 12.3. The van der Waals surface area contributed by atoms with E-state index in [4.69, 9.17) is 4.74 Å². The lowest BCUT2D eigenvalue weighted by molar-refractivity contribution is 0.0730. The van der Waals surface area contributed by atoms with Crippen LogP contribution in [0.25, 0.3) is 0 Å². The molecule has 0 spiro atoms. The van der Waals surface area contributed by atoms with Gasteiger partial charge in [0.1, 0.15) is 0 Å². The Morgan fingerprint density at radius 2 is 1.88 bits per heavy atom. The Bertz CT molecular complexity index is 466. The van der Waals surface area contributed by atoms with Crippen molar-refractivity contribution in [3.8, 4) is 0 Å². The van der Waals surface area contributed by atoms with E-state index in [-0.39, 0.29) is 29.7 Å². The van der Waals surface area contributed by atoms with Crippen molar-refractivity contribution < 1.29 is 13.2 Å². The first-order valence-corrected chi connectivity index (χ1v) is 10.6. The van der Waals surface area contributed by atoms with Gasteiger partial charge in [0.15, 0.2) is 5.96 Å². The van der Waals surface area contributed by atoms with Crippen molar-refractivity contribution in [2.24, 2.45) is 10.9 Å². The summed E-state index contributed by atoms with van der Waals surface area (Å²) in [4.78, 5) is 4.51. The predicted molar refractivity (Wildman–Crippen MR) is 114 cm³/mol. The van der Waals surface area contributed by atoms with E-state index in [1.54, 1.807) is 0 Å². The summed E-state index contributed by atoms with van der Waals surface area (Å²) in [6.07, 6.45) is 3.45. The molecule has 1 aliphatic heterocycles. The van der Waals surface area contributed by atoms with E-state index in [0.29, 0.717) is 38.8 Å². The molecule has 0 radical (unpaired) electrons. The molecule has 0 saturated carbocycles. The van der Waals surface area contributed by atoms with E-state index in [1.807, 2.05) is 6.92 Å². The average molecular weight is 490 g/mol. The molecular formula is C16H35IN4O3S. The van der Waals surface area contributed by atoms with Crippen LogP contribution in [0.5, 0.6) is 0 Å². The monoisotopic (exact) mass is 490 g/mol. The minimum Gasteiger partial charge on any atom is -0.379 e. The Kier molecular flexibility index (Phi) is 13.9. The van der Waals surface area contributed by atoms with Crippen molar-refractivity contribution in [2.45, 2.75) is 40.0 Å². The maximum Gasteiger partial charge on any atom is 0.215 e. The quantitative estimate of drug-likeness (QED) is 0.211. The summed E-state index contributed by atoms with van der Waals surface area (Å²) in [6.45, 7) is 10.2. The second-order valence-corrected chi connectivity index (χ2v) is 8.49. The van der Waals surface area contributed by atoms with E-state index < -0.39 is 10.0 Å². The normalized spacial score (nSPS) is 16.6. The molecule has 0 bridgehead atoms. The molecule has 150 valence electrons. The number of halogens is 1. The second kappa shape index (κ2) is 14.0. The van der Waals surface area contributed by atoms with Gasteiger partial charge in [0.2, 0.25) is 10.0 Å². The molecule has 0 aromatic rings. The second-order valence-electron chi connectivity index (χ2n) is 6.40. The highest BCUT2D eigenvalue weighted by atomic mass is 127. The van der Waals surface area contributed by atoms with Crippen LogP contribution in [0.3, 0.4) is 0 Å². The lowest BCUT2D eigenvalue weighted by Gasteiger charge is -2.26. The fraction of sp³-hybridized carbons (Fsp3) is 0.938. The minimum absolute atomic E-state index is 0. The number of hydrogen-bond acceptors (Lipinski definition) is 4. The first-order chi connectivity index (χ1) is 11.5. The van der Waals surface area contributed by atoms with Gasteiger partial charge in [-0.2, -0.15) is 4.31 Å². The van der Waals surface area contributed by atoms with Crippen LogP contribution in [-0.4, -0.2) is 70.4 Å². The van der Waals surface area contributed by atoms with E-state index in [2.05, 4.69) is 29.5 Å². The van der Waals surface area contributed by atoms with Crippen molar-refractivity contribution in [2.75, 3.05) is 51.7 Å². The van der Waals surface area contributed by atoms with Gasteiger partial charge in [-0.05, 0) is 19.3 Å². The van der Waals surface area contributed by atoms with Crippen molar-refractivity contribution >= 4 is 40.0 Å². The van der Waals surface area contributed by atoms with Crippen LogP contribution in [0.1, 0.15) is 40.0 Å². The number of ether oxygens (including phenoxy) is 1. The van der Waals surface area contributed by atoms with Gasteiger partial charge in [0, 0.05) is 32.7 Å². The lowest BCUT2D eigenvalue weighted by atomic mass is 10.1. The maximum absolute atomic E-state index is 12.3. The topological polar surface area (TPSA) is 83.0 Å². The first-order valence-electron chi connectivity index (χ1n) is 9.03. The third-order valence-corrected chi connectivity index (χ3v) is 5.69. The highest BCUT2D eigenvalue weighted by Crippen LogP contribution is 2.06. The van der Waals surface area contributed by atoms with Crippen LogP contribution in [0.2, 0.25) is 0 Å². The van der Waals surface area contributed by atoms with Crippen LogP contribution in [-0.2, 0) is 14.8 Å². The van der Waals surface area contributed by atoms with Crippen molar-refractivity contribution in [1.82, 2.24) is 14.9 Å². The van der Waals surface area contributed by atoms with Gasteiger partial charge in [-0.1, -0.05) is 26.7 Å². The molecule has 0 aliphatic carbocycles. The molecule has 0 atom stereocenters. The molecule has 0 aromatic carbocycles. The van der Waals surface area contributed by atoms with E-state index in [0.717, 1.165) is 25.4 Å². The Balaban J connectivity index is 0.00000576. The Labute approximate surface area is 170 Å². The summed E-state index contributed by atoms with van der Waals surface area (Å²) in [5.41, 5.74) is 0. The van der Waals surface area contributed by atoms with Gasteiger partial charge in [-0.25, -0.2) is 8.42 Å². The number of morpholine rings is 1. The largest absolute Gasteiger partial charge is 0.379 e. The number of sulfonamides is 1. The lowest BCUT2D eigenvalue weighted by Crippen LogP contribution is -2.45. The number of hydrogen-bond donors (Lipinski definition) is 2. The van der Waals surface area contributed by atoms with Gasteiger partial charge in [-0.15, -0.1) is 24.0 Å².